The van der Waals surface area contributed by atoms with Gasteiger partial charge in [0.25, 0.3) is 0 Å². The van der Waals surface area contributed by atoms with Gasteiger partial charge in [-0.05, 0) is 48.7 Å². The molecule has 0 saturated carbocycles. The molecule has 3 rings (SSSR count). The first kappa shape index (κ1) is 17.1. The van der Waals surface area contributed by atoms with Crippen LogP contribution in [0, 0.1) is 18.7 Å². The van der Waals surface area contributed by atoms with Crippen molar-refractivity contribution in [3.05, 3.63) is 59.4 Å². The lowest BCUT2D eigenvalue weighted by atomic mass is 10.1. The third-order valence-electron chi connectivity index (χ3n) is 4.52. The quantitative estimate of drug-likeness (QED) is 0.923. The van der Waals surface area contributed by atoms with Crippen LogP contribution in [-0.2, 0) is 16.0 Å². The van der Waals surface area contributed by atoms with E-state index in [9.17, 15) is 14.0 Å². The van der Waals surface area contributed by atoms with Crippen LogP contribution in [0.2, 0.25) is 0 Å². The van der Waals surface area contributed by atoms with Gasteiger partial charge >= 0.3 is 0 Å². The van der Waals surface area contributed by atoms with E-state index in [2.05, 4.69) is 12.2 Å². The maximum Gasteiger partial charge on any atom is 0.229 e. The molecule has 0 spiro atoms. The number of amides is 2. The molecule has 2 amide bonds. The normalized spacial score (nSPS) is 17.0. The molecular weight excluding hydrogens is 319 g/mol. The van der Waals surface area contributed by atoms with E-state index in [1.54, 1.807) is 19.1 Å². The van der Waals surface area contributed by atoms with Crippen LogP contribution in [0.1, 0.15) is 24.5 Å². The molecule has 0 aliphatic carbocycles. The van der Waals surface area contributed by atoms with Crippen LogP contribution in [0.5, 0.6) is 0 Å². The fraction of sp³-hybridized carbons (Fsp3) is 0.300. The molecule has 25 heavy (non-hydrogen) atoms. The average Bonchev–Trinajstić information content (AvgIpc) is 2.97. The number of carbonyl (C=O) groups is 2. The van der Waals surface area contributed by atoms with E-state index >= 15 is 0 Å². The van der Waals surface area contributed by atoms with Crippen LogP contribution >= 0.6 is 0 Å². The summed E-state index contributed by atoms with van der Waals surface area (Å²) in [6, 6.07) is 12.4. The van der Waals surface area contributed by atoms with Gasteiger partial charge in [-0.3, -0.25) is 9.59 Å². The zero-order chi connectivity index (χ0) is 18.0. The van der Waals surface area contributed by atoms with Gasteiger partial charge in [0.05, 0.1) is 11.6 Å². The van der Waals surface area contributed by atoms with E-state index in [1.165, 1.54) is 16.5 Å². The van der Waals surface area contributed by atoms with Gasteiger partial charge in [-0.25, -0.2) is 4.39 Å². The molecule has 1 atom stereocenters. The summed E-state index contributed by atoms with van der Waals surface area (Å²) in [5, 5.41) is 2.84. The maximum atomic E-state index is 14.1. The van der Waals surface area contributed by atoms with Crippen LogP contribution in [0.25, 0.3) is 0 Å². The highest BCUT2D eigenvalue weighted by atomic mass is 19.1. The summed E-state index contributed by atoms with van der Waals surface area (Å²) in [5.74, 6) is -1.37. The Labute approximate surface area is 146 Å². The number of rotatable bonds is 4. The van der Waals surface area contributed by atoms with Crippen molar-refractivity contribution in [3.63, 3.8) is 0 Å². The number of nitrogens with zero attached hydrogens (tertiary/aromatic N) is 1. The molecule has 0 aromatic heterocycles. The highest BCUT2D eigenvalue weighted by Crippen LogP contribution is 2.28. The second-order valence-corrected chi connectivity index (χ2v) is 6.40. The van der Waals surface area contributed by atoms with Crippen molar-refractivity contribution in [1.82, 2.24) is 0 Å². The van der Waals surface area contributed by atoms with Gasteiger partial charge in [-0.1, -0.05) is 25.1 Å². The number of hydrogen-bond donors (Lipinski definition) is 1. The second-order valence-electron chi connectivity index (χ2n) is 6.40. The molecule has 1 aliphatic rings. The van der Waals surface area contributed by atoms with E-state index in [-0.39, 0.29) is 30.5 Å². The Bertz CT molecular complexity index is 802. The predicted octanol–water partition coefficient (Wildman–Crippen LogP) is 3.69. The minimum Gasteiger partial charge on any atom is -0.326 e. The average molecular weight is 340 g/mol. The van der Waals surface area contributed by atoms with Crippen LogP contribution in [0.3, 0.4) is 0 Å². The molecule has 0 radical (unpaired) electrons. The molecule has 1 N–H and O–H groups in total. The Hall–Kier alpha value is -2.69. The predicted molar refractivity (Wildman–Crippen MR) is 96.0 cm³/mol. The number of benzene rings is 2. The molecule has 4 nitrogen and oxygen atoms in total. The molecule has 2 aromatic rings. The SMILES string of the molecule is CCc1ccc(NC(=O)C2CC(=O)N(c3ccc(C)cc3F)C2)cc1. The van der Waals surface area contributed by atoms with Crippen molar-refractivity contribution in [1.29, 1.82) is 0 Å². The van der Waals surface area contributed by atoms with E-state index in [1.807, 2.05) is 24.3 Å². The van der Waals surface area contributed by atoms with Crippen LogP contribution in [0.15, 0.2) is 42.5 Å². The van der Waals surface area contributed by atoms with Crippen molar-refractivity contribution in [2.24, 2.45) is 5.92 Å². The Morgan fingerprint density at radius 2 is 1.96 bits per heavy atom. The van der Waals surface area contributed by atoms with Gasteiger partial charge in [-0.15, -0.1) is 0 Å². The van der Waals surface area contributed by atoms with E-state index < -0.39 is 11.7 Å². The summed E-state index contributed by atoms with van der Waals surface area (Å²) < 4.78 is 14.1. The first-order chi connectivity index (χ1) is 12.0. The van der Waals surface area contributed by atoms with Crippen molar-refractivity contribution >= 4 is 23.2 Å². The van der Waals surface area contributed by atoms with Crippen molar-refractivity contribution in [2.75, 3.05) is 16.8 Å². The number of nitrogens with one attached hydrogen (secondary N) is 1. The van der Waals surface area contributed by atoms with Crippen LogP contribution in [-0.4, -0.2) is 18.4 Å². The third-order valence-corrected chi connectivity index (χ3v) is 4.52. The van der Waals surface area contributed by atoms with E-state index in [4.69, 9.17) is 0 Å². The van der Waals surface area contributed by atoms with Crippen molar-refractivity contribution in [3.8, 4) is 0 Å². The largest absolute Gasteiger partial charge is 0.326 e. The first-order valence-corrected chi connectivity index (χ1v) is 8.44. The monoisotopic (exact) mass is 340 g/mol. The highest BCUT2D eigenvalue weighted by molar-refractivity contribution is 6.03. The fourth-order valence-corrected chi connectivity index (χ4v) is 3.01. The van der Waals surface area contributed by atoms with Gasteiger partial charge in [-0.2, -0.15) is 0 Å². The lowest BCUT2D eigenvalue weighted by molar-refractivity contribution is -0.122. The Morgan fingerprint density at radius 1 is 1.24 bits per heavy atom. The Balaban J connectivity index is 1.69. The standard InChI is InChI=1S/C20H21FN2O2/c1-3-14-5-7-16(8-6-14)22-20(25)15-11-19(24)23(12-15)18-9-4-13(2)10-17(18)21/h4-10,15H,3,11-12H2,1-2H3,(H,22,25). The van der Waals surface area contributed by atoms with Gasteiger partial charge in [0, 0.05) is 18.7 Å². The Morgan fingerprint density at radius 3 is 2.60 bits per heavy atom. The number of hydrogen-bond acceptors (Lipinski definition) is 2. The molecule has 5 heteroatoms. The first-order valence-electron chi connectivity index (χ1n) is 8.44. The zero-order valence-electron chi connectivity index (χ0n) is 14.4. The van der Waals surface area contributed by atoms with Gasteiger partial charge in [0.15, 0.2) is 0 Å². The van der Waals surface area contributed by atoms with Crippen LogP contribution in [0.4, 0.5) is 15.8 Å². The molecule has 1 saturated heterocycles. The number of anilines is 2. The summed E-state index contributed by atoms with van der Waals surface area (Å²) in [5.41, 5.74) is 2.92. The number of aryl methyl sites for hydroxylation is 2. The molecule has 2 aromatic carbocycles. The van der Waals surface area contributed by atoms with E-state index in [0.717, 1.165) is 12.0 Å². The van der Waals surface area contributed by atoms with Gasteiger partial charge < -0.3 is 10.2 Å². The minimum absolute atomic E-state index is 0.0895. The fourth-order valence-electron chi connectivity index (χ4n) is 3.01. The lowest BCUT2D eigenvalue weighted by Crippen LogP contribution is -2.28. The third kappa shape index (κ3) is 3.71. The summed E-state index contributed by atoms with van der Waals surface area (Å²) in [6.45, 7) is 4.05. The van der Waals surface area contributed by atoms with Crippen LogP contribution < -0.4 is 10.2 Å². The highest BCUT2D eigenvalue weighted by Gasteiger charge is 2.36. The molecule has 1 aliphatic heterocycles. The number of carbonyl (C=O) groups excluding carboxylic acids is 2. The minimum atomic E-state index is -0.487. The maximum absolute atomic E-state index is 14.1. The van der Waals surface area contributed by atoms with Gasteiger partial charge in [0.1, 0.15) is 5.82 Å². The molecule has 0 bridgehead atoms. The van der Waals surface area contributed by atoms with Crippen molar-refractivity contribution in [2.45, 2.75) is 26.7 Å². The number of halogens is 1. The molecular formula is C20H21FN2O2. The molecule has 1 heterocycles. The summed E-state index contributed by atoms with van der Waals surface area (Å²) in [6.07, 6.45) is 1.02. The van der Waals surface area contributed by atoms with E-state index in [0.29, 0.717) is 5.69 Å². The van der Waals surface area contributed by atoms with Crippen molar-refractivity contribution < 1.29 is 14.0 Å². The molecule has 1 unspecified atom stereocenters. The second kappa shape index (κ2) is 7.05. The van der Waals surface area contributed by atoms with Gasteiger partial charge in [0.2, 0.25) is 11.8 Å². The lowest BCUT2D eigenvalue weighted by Gasteiger charge is -2.18. The topological polar surface area (TPSA) is 49.4 Å². The molecule has 1 fully saturated rings. The molecule has 130 valence electrons. The summed E-state index contributed by atoms with van der Waals surface area (Å²) in [7, 11) is 0. The zero-order valence-corrected chi connectivity index (χ0v) is 14.4. The summed E-state index contributed by atoms with van der Waals surface area (Å²) in [4.78, 5) is 26.0. The summed E-state index contributed by atoms with van der Waals surface area (Å²) >= 11 is 0. The smallest absolute Gasteiger partial charge is 0.229 e. The Kier molecular flexibility index (Phi) is 4.83.